The molecule has 0 spiro atoms. The van der Waals surface area contributed by atoms with Gasteiger partial charge < -0.3 is 14.8 Å². The molecule has 2 aromatic rings. The van der Waals surface area contributed by atoms with E-state index in [4.69, 9.17) is 9.47 Å². The molecule has 1 N–H and O–H groups in total. The number of aryl methyl sites for hydroxylation is 1. The van der Waals surface area contributed by atoms with E-state index in [-0.39, 0.29) is 24.4 Å². The summed E-state index contributed by atoms with van der Waals surface area (Å²) in [5, 5.41) is 2.98. The van der Waals surface area contributed by atoms with Gasteiger partial charge in [-0.05, 0) is 47.7 Å². The summed E-state index contributed by atoms with van der Waals surface area (Å²) in [4.78, 5) is 14.7. The Morgan fingerprint density at radius 3 is 2.47 bits per heavy atom. The molecule has 5 nitrogen and oxygen atoms in total. The largest absolute Gasteiger partial charge is 0.483 e. The fraction of sp³-hybridized carbons (Fsp3) is 0.458. The van der Waals surface area contributed by atoms with Gasteiger partial charge in [0.25, 0.3) is 5.91 Å². The van der Waals surface area contributed by atoms with Crippen LogP contribution < -0.4 is 10.1 Å². The summed E-state index contributed by atoms with van der Waals surface area (Å²) in [6.45, 7) is 9.47. The van der Waals surface area contributed by atoms with Gasteiger partial charge in [0.2, 0.25) is 0 Å². The fourth-order valence-corrected chi connectivity index (χ4v) is 3.57. The molecule has 1 saturated heterocycles. The Balaban J connectivity index is 1.60. The van der Waals surface area contributed by atoms with E-state index in [2.05, 4.69) is 30.1 Å². The van der Waals surface area contributed by atoms with E-state index in [1.54, 1.807) is 12.1 Å². The molecular weight excluding hydrogens is 383 g/mol. The van der Waals surface area contributed by atoms with Crippen LogP contribution in [-0.2, 0) is 9.53 Å². The minimum absolute atomic E-state index is 0.0375. The zero-order chi connectivity index (χ0) is 21.5. The van der Waals surface area contributed by atoms with Crippen molar-refractivity contribution in [2.75, 3.05) is 39.5 Å². The van der Waals surface area contributed by atoms with Crippen LogP contribution in [0.2, 0.25) is 0 Å². The third-order valence-corrected chi connectivity index (χ3v) is 5.47. The molecule has 2 aromatic carbocycles. The van der Waals surface area contributed by atoms with Crippen molar-refractivity contribution in [3.05, 3.63) is 65.0 Å². The Labute approximate surface area is 178 Å². The second-order valence-electron chi connectivity index (χ2n) is 7.99. The van der Waals surface area contributed by atoms with Crippen LogP contribution in [0.25, 0.3) is 0 Å². The molecule has 0 radical (unpaired) electrons. The van der Waals surface area contributed by atoms with E-state index in [1.165, 1.54) is 17.7 Å². The van der Waals surface area contributed by atoms with Crippen LogP contribution in [0.3, 0.4) is 0 Å². The average molecular weight is 415 g/mol. The van der Waals surface area contributed by atoms with E-state index >= 15 is 0 Å². The maximum absolute atomic E-state index is 13.4. The minimum Gasteiger partial charge on any atom is -0.483 e. The van der Waals surface area contributed by atoms with Crippen LogP contribution >= 0.6 is 0 Å². The fourth-order valence-electron chi connectivity index (χ4n) is 3.57. The molecule has 1 aliphatic rings. The Kier molecular flexibility index (Phi) is 7.82. The van der Waals surface area contributed by atoms with Crippen LogP contribution in [0.15, 0.2) is 42.5 Å². The van der Waals surface area contributed by atoms with Gasteiger partial charge in [-0.3, -0.25) is 9.69 Å². The van der Waals surface area contributed by atoms with Gasteiger partial charge in [-0.15, -0.1) is 0 Å². The lowest BCUT2D eigenvalue weighted by atomic mass is 10.0. The van der Waals surface area contributed by atoms with Gasteiger partial charge in [0.1, 0.15) is 11.6 Å². The Hall–Kier alpha value is -2.44. The van der Waals surface area contributed by atoms with Gasteiger partial charge in [0.15, 0.2) is 6.61 Å². The first-order chi connectivity index (χ1) is 14.4. The Bertz CT molecular complexity index is 833. The molecule has 6 heteroatoms. The zero-order valence-electron chi connectivity index (χ0n) is 18.0. The summed E-state index contributed by atoms with van der Waals surface area (Å²) in [7, 11) is 0. The molecule has 30 heavy (non-hydrogen) atoms. The lowest BCUT2D eigenvalue weighted by Gasteiger charge is -2.35. The number of benzene rings is 2. The standard InChI is InChI=1S/C24H31FN2O3/c1-17(2)20-5-4-18(3)23(14-20)30-16-24(28)26-15-22(27-10-12-29-13-11-27)19-6-8-21(25)9-7-19/h4-9,14,17,22H,10-13,15-16H2,1-3H3,(H,26,28). The van der Waals surface area contributed by atoms with E-state index in [9.17, 15) is 9.18 Å². The lowest BCUT2D eigenvalue weighted by Crippen LogP contribution is -2.44. The number of halogens is 1. The summed E-state index contributed by atoms with van der Waals surface area (Å²) in [5.74, 6) is 0.687. The second kappa shape index (κ2) is 10.5. The molecule has 1 atom stereocenters. The maximum Gasteiger partial charge on any atom is 0.258 e. The third-order valence-electron chi connectivity index (χ3n) is 5.47. The van der Waals surface area contributed by atoms with E-state index in [0.717, 1.165) is 30.0 Å². The van der Waals surface area contributed by atoms with Gasteiger partial charge in [-0.1, -0.05) is 38.1 Å². The first-order valence-electron chi connectivity index (χ1n) is 10.5. The molecular formula is C24H31FN2O3. The number of nitrogens with zero attached hydrogens (tertiary/aromatic N) is 1. The SMILES string of the molecule is Cc1ccc(C(C)C)cc1OCC(=O)NCC(c1ccc(F)cc1)N1CCOCC1. The Morgan fingerprint density at radius 2 is 1.80 bits per heavy atom. The maximum atomic E-state index is 13.4. The van der Waals surface area contributed by atoms with Crippen LogP contribution in [0.5, 0.6) is 5.75 Å². The van der Waals surface area contributed by atoms with Crippen molar-refractivity contribution >= 4 is 5.91 Å². The number of morpholine rings is 1. The topological polar surface area (TPSA) is 50.8 Å². The van der Waals surface area contributed by atoms with E-state index in [1.807, 2.05) is 19.1 Å². The van der Waals surface area contributed by atoms with Crippen molar-refractivity contribution in [2.45, 2.75) is 32.7 Å². The first kappa shape index (κ1) is 22.2. The molecule has 3 rings (SSSR count). The van der Waals surface area contributed by atoms with Crippen LogP contribution in [0.4, 0.5) is 4.39 Å². The van der Waals surface area contributed by atoms with Crippen LogP contribution in [0, 0.1) is 12.7 Å². The number of carbonyl (C=O) groups excluding carboxylic acids is 1. The quantitative estimate of drug-likeness (QED) is 0.713. The highest BCUT2D eigenvalue weighted by molar-refractivity contribution is 5.77. The molecule has 1 aliphatic heterocycles. The summed E-state index contributed by atoms with van der Waals surface area (Å²) in [6.07, 6.45) is 0. The summed E-state index contributed by atoms with van der Waals surface area (Å²) in [6, 6.07) is 12.5. The summed E-state index contributed by atoms with van der Waals surface area (Å²) in [5.41, 5.74) is 3.16. The van der Waals surface area contributed by atoms with Crippen molar-refractivity contribution in [3.63, 3.8) is 0 Å². The summed E-state index contributed by atoms with van der Waals surface area (Å²) >= 11 is 0. The van der Waals surface area contributed by atoms with Crippen molar-refractivity contribution in [2.24, 2.45) is 0 Å². The molecule has 162 valence electrons. The van der Waals surface area contributed by atoms with Crippen molar-refractivity contribution in [1.29, 1.82) is 0 Å². The average Bonchev–Trinajstić information content (AvgIpc) is 2.75. The smallest absolute Gasteiger partial charge is 0.258 e. The highest BCUT2D eigenvalue weighted by Gasteiger charge is 2.23. The molecule has 0 bridgehead atoms. The number of rotatable bonds is 8. The lowest BCUT2D eigenvalue weighted by molar-refractivity contribution is -0.123. The molecule has 1 fully saturated rings. The number of hydrogen-bond donors (Lipinski definition) is 1. The minimum atomic E-state index is -0.268. The van der Waals surface area contributed by atoms with Crippen molar-refractivity contribution in [1.82, 2.24) is 10.2 Å². The number of carbonyl (C=O) groups is 1. The van der Waals surface area contributed by atoms with Crippen LogP contribution in [0.1, 0.15) is 42.5 Å². The molecule has 0 aromatic heterocycles. The first-order valence-corrected chi connectivity index (χ1v) is 10.5. The van der Waals surface area contributed by atoms with Gasteiger partial charge in [-0.2, -0.15) is 0 Å². The molecule has 0 aliphatic carbocycles. The number of amides is 1. The number of ether oxygens (including phenoxy) is 2. The molecule has 1 heterocycles. The predicted molar refractivity (Wildman–Crippen MR) is 115 cm³/mol. The van der Waals surface area contributed by atoms with Crippen molar-refractivity contribution in [3.8, 4) is 5.75 Å². The monoisotopic (exact) mass is 414 g/mol. The van der Waals surface area contributed by atoms with Crippen molar-refractivity contribution < 1.29 is 18.7 Å². The van der Waals surface area contributed by atoms with Gasteiger partial charge in [-0.25, -0.2) is 4.39 Å². The highest BCUT2D eigenvalue weighted by atomic mass is 19.1. The molecule has 1 unspecified atom stereocenters. The van der Waals surface area contributed by atoms with Gasteiger partial charge in [0.05, 0.1) is 19.3 Å². The zero-order valence-corrected chi connectivity index (χ0v) is 18.0. The highest BCUT2D eigenvalue weighted by Crippen LogP contribution is 2.24. The normalized spacial score (nSPS) is 15.8. The Morgan fingerprint density at radius 1 is 1.13 bits per heavy atom. The van der Waals surface area contributed by atoms with Crippen LogP contribution in [-0.4, -0.2) is 50.3 Å². The molecule has 1 amide bonds. The summed E-state index contributed by atoms with van der Waals surface area (Å²) < 4.78 is 24.6. The van der Waals surface area contributed by atoms with E-state index in [0.29, 0.717) is 25.7 Å². The third kappa shape index (κ3) is 6.03. The van der Waals surface area contributed by atoms with Gasteiger partial charge >= 0.3 is 0 Å². The molecule has 0 saturated carbocycles. The van der Waals surface area contributed by atoms with E-state index < -0.39 is 0 Å². The number of nitrogens with one attached hydrogen (secondary N) is 1. The van der Waals surface area contributed by atoms with Gasteiger partial charge in [0, 0.05) is 19.6 Å². The second-order valence-corrected chi connectivity index (χ2v) is 7.99. The number of hydrogen-bond acceptors (Lipinski definition) is 4. The predicted octanol–water partition coefficient (Wildman–Crippen LogP) is 3.83.